The van der Waals surface area contributed by atoms with Gasteiger partial charge in [-0.2, -0.15) is 0 Å². The first-order chi connectivity index (χ1) is 17.5. The average Bonchev–Trinajstić information content (AvgIpc) is 3.22. The maximum atomic E-state index is 10.8. The SMILES string of the molecule is Cc1c(O)c(O)c(-c2ccc3c(c2)C(c2ccccc2)(c2ccccc2)c2ccccc2-3)c(O)c1O. The summed E-state index contributed by atoms with van der Waals surface area (Å²) in [6.07, 6.45) is 0. The van der Waals surface area contributed by atoms with Crippen LogP contribution >= 0.6 is 0 Å². The van der Waals surface area contributed by atoms with Crippen LogP contribution in [-0.2, 0) is 5.41 Å². The Morgan fingerprint density at radius 3 is 1.58 bits per heavy atom. The van der Waals surface area contributed by atoms with Gasteiger partial charge in [-0.15, -0.1) is 0 Å². The molecule has 5 aromatic carbocycles. The number of fused-ring (bicyclic) bond motifs is 3. The summed E-state index contributed by atoms with van der Waals surface area (Å²) < 4.78 is 0. The van der Waals surface area contributed by atoms with Crippen molar-refractivity contribution in [1.82, 2.24) is 0 Å². The molecule has 1 aliphatic rings. The lowest BCUT2D eigenvalue weighted by atomic mass is 9.67. The van der Waals surface area contributed by atoms with E-state index in [4.69, 9.17) is 0 Å². The maximum Gasteiger partial charge on any atom is 0.169 e. The molecule has 0 unspecified atom stereocenters. The van der Waals surface area contributed by atoms with Crippen molar-refractivity contribution in [3.05, 3.63) is 131 Å². The molecule has 6 rings (SSSR count). The molecule has 0 atom stereocenters. The summed E-state index contributed by atoms with van der Waals surface area (Å²) in [6, 6.07) is 34.6. The topological polar surface area (TPSA) is 80.9 Å². The number of rotatable bonds is 3. The second-order valence-corrected chi connectivity index (χ2v) is 9.18. The monoisotopic (exact) mass is 472 g/mol. The van der Waals surface area contributed by atoms with E-state index < -0.39 is 28.4 Å². The van der Waals surface area contributed by atoms with Gasteiger partial charge in [0.15, 0.2) is 23.0 Å². The Balaban J connectivity index is 1.74. The predicted octanol–water partition coefficient (Wildman–Crippen LogP) is 6.85. The van der Waals surface area contributed by atoms with Gasteiger partial charge >= 0.3 is 0 Å². The van der Waals surface area contributed by atoms with E-state index in [2.05, 4.69) is 36.4 Å². The van der Waals surface area contributed by atoms with E-state index in [-0.39, 0.29) is 11.1 Å². The Bertz CT molecular complexity index is 1550. The van der Waals surface area contributed by atoms with Crippen molar-refractivity contribution in [3.63, 3.8) is 0 Å². The Morgan fingerprint density at radius 1 is 0.500 bits per heavy atom. The fourth-order valence-electron chi connectivity index (χ4n) is 5.69. The molecule has 36 heavy (non-hydrogen) atoms. The van der Waals surface area contributed by atoms with Gasteiger partial charge < -0.3 is 20.4 Å². The zero-order chi connectivity index (χ0) is 25.0. The highest BCUT2D eigenvalue weighted by Gasteiger charge is 2.46. The van der Waals surface area contributed by atoms with Crippen molar-refractivity contribution in [3.8, 4) is 45.3 Å². The van der Waals surface area contributed by atoms with Gasteiger partial charge in [0.05, 0.1) is 11.0 Å². The average molecular weight is 473 g/mol. The highest BCUT2D eigenvalue weighted by Crippen LogP contribution is 2.58. The summed E-state index contributed by atoms with van der Waals surface area (Å²) in [5.41, 5.74) is 6.29. The molecule has 0 heterocycles. The van der Waals surface area contributed by atoms with Gasteiger partial charge in [0.25, 0.3) is 0 Å². The Kier molecular flexibility index (Phi) is 4.80. The molecule has 0 aliphatic heterocycles. The number of phenols is 4. The second-order valence-electron chi connectivity index (χ2n) is 9.18. The van der Waals surface area contributed by atoms with E-state index in [9.17, 15) is 20.4 Å². The van der Waals surface area contributed by atoms with Crippen molar-refractivity contribution in [2.45, 2.75) is 12.3 Å². The number of hydrogen-bond donors (Lipinski definition) is 4. The van der Waals surface area contributed by atoms with E-state index in [1.54, 1.807) is 6.07 Å². The minimum atomic E-state index is -0.648. The first-order valence-electron chi connectivity index (χ1n) is 11.8. The largest absolute Gasteiger partial charge is 0.504 e. The molecule has 0 fully saturated rings. The molecule has 0 saturated carbocycles. The third-order valence-electron chi connectivity index (χ3n) is 7.38. The summed E-state index contributed by atoms with van der Waals surface area (Å²) in [4.78, 5) is 0. The lowest BCUT2D eigenvalue weighted by Crippen LogP contribution is -2.28. The summed E-state index contributed by atoms with van der Waals surface area (Å²) in [5, 5.41) is 42.5. The zero-order valence-electron chi connectivity index (χ0n) is 19.6. The van der Waals surface area contributed by atoms with Crippen LogP contribution in [0.4, 0.5) is 0 Å². The minimum Gasteiger partial charge on any atom is -0.504 e. The predicted molar refractivity (Wildman–Crippen MR) is 141 cm³/mol. The van der Waals surface area contributed by atoms with Gasteiger partial charge in [0.2, 0.25) is 0 Å². The number of benzene rings is 5. The molecule has 0 spiro atoms. The van der Waals surface area contributed by atoms with Gasteiger partial charge in [-0.25, -0.2) is 0 Å². The van der Waals surface area contributed by atoms with Crippen molar-refractivity contribution < 1.29 is 20.4 Å². The molecule has 4 heteroatoms. The summed E-state index contributed by atoms with van der Waals surface area (Å²) in [5.74, 6) is -1.85. The van der Waals surface area contributed by atoms with Crippen LogP contribution in [0.2, 0.25) is 0 Å². The fourth-order valence-corrected chi connectivity index (χ4v) is 5.69. The van der Waals surface area contributed by atoms with Gasteiger partial charge in [0.1, 0.15) is 0 Å². The molecule has 4 N–H and O–H groups in total. The lowest BCUT2D eigenvalue weighted by Gasteiger charge is -2.34. The van der Waals surface area contributed by atoms with Crippen LogP contribution in [0.1, 0.15) is 27.8 Å². The fraction of sp³-hybridized carbons (Fsp3) is 0.0625. The van der Waals surface area contributed by atoms with Crippen LogP contribution in [0.5, 0.6) is 23.0 Å². The standard InChI is InChI=1S/C32H24O4/c1-19-28(33)30(35)27(31(36)29(19)34)20-16-17-24-23-14-8-9-15-25(23)32(26(24)18-20,21-10-4-2-5-11-21)22-12-6-3-7-13-22/h2-18,33-36H,1H3. The molecule has 0 aromatic heterocycles. The molecule has 176 valence electrons. The van der Waals surface area contributed by atoms with Crippen LogP contribution < -0.4 is 0 Å². The summed E-state index contributed by atoms with van der Waals surface area (Å²) in [6.45, 7) is 1.43. The van der Waals surface area contributed by atoms with Crippen molar-refractivity contribution in [2.24, 2.45) is 0 Å². The van der Waals surface area contributed by atoms with E-state index in [0.717, 1.165) is 33.4 Å². The minimum absolute atomic E-state index is 0.00983. The Morgan fingerprint density at radius 2 is 1.00 bits per heavy atom. The highest BCUT2D eigenvalue weighted by atomic mass is 16.3. The third kappa shape index (κ3) is 2.82. The first kappa shape index (κ1) is 21.8. The van der Waals surface area contributed by atoms with E-state index in [0.29, 0.717) is 5.56 Å². The van der Waals surface area contributed by atoms with Crippen LogP contribution in [-0.4, -0.2) is 20.4 Å². The molecular weight excluding hydrogens is 448 g/mol. The number of aromatic hydroxyl groups is 4. The lowest BCUT2D eigenvalue weighted by molar-refractivity contribution is 0.371. The maximum absolute atomic E-state index is 10.8. The quantitative estimate of drug-likeness (QED) is 0.168. The van der Waals surface area contributed by atoms with Crippen LogP contribution in [0.25, 0.3) is 22.3 Å². The molecule has 0 bridgehead atoms. The van der Waals surface area contributed by atoms with Crippen molar-refractivity contribution in [1.29, 1.82) is 0 Å². The molecular formula is C32H24O4. The first-order valence-corrected chi connectivity index (χ1v) is 11.8. The Labute approximate surface area is 209 Å². The van der Waals surface area contributed by atoms with Gasteiger partial charge in [0, 0.05) is 5.56 Å². The number of phenolic OH excluding ortho intramolecular Hbond substituents is 4. The highest BCUT2D eigenvalue weighted by molar-refractivity contribution is 5.91. The molecule has 4 nitrogen and oxygen atoms in total. The molecule has 0 saturated heterocycles. The van der Waals surface area contributed by atoms with Crippen LogP contribution in [0.3, 0.4) is 0 Å². The van der Waals surface area contributed by atoms with Crippen molar-refractivity contribution >= 4 is 0 Å². The molecule has 0 radical (unpaired) electrons. The van der Waals surface area contributed by atoms with Gasteiger partial charge in [-0.05, 0) is 51.9 Å². The molecule has 5 aromatic rings. The smallest absolute Gasteiger partial charge is 0.169 e. The van der Waals surface area contributed by atoms with Crippen LogP contribution in [0.15, 0.2) is 103 Å². The third-order valence-corrected chi connectivity index (χ3v) is 7.38. The Hall–Kier alpha value is -4.70. The summed E-state index contributed by atoms with van der Waals surface area (Å²) >= 11 is 0. The number of hydrogen-bond acceptors (Lipinski definition) is 4. The van der Waals surface area contributed by atoms with Gasteiger partial charge in [-0.3, -0.25) is 0 Å². The summed E-state index contributed by atoms with van der Waals surface area (Å²) in [7, 11) is 0. The van der Waals surface area contributed by atoms with E-state index in [1.165, 1.54) is 6.92 Å². The van der Waals surface area contributed by atoms with Gasteiger partial charge in [-0.1, -0.05) is 97.1 Å². The molecule has 0 amide bonds. The second kappa shape index (κ2) is 7.92. The zero-order valence-corrected chi connectivity index (χ0v) is 19.6. The van der Waals surface area contributed by atoms with E-state index in [1.807, 2.05) is 60.7 Å². The normalized spacial score (nSPS) is 13.2. The molecule has 1 aliphatic carbocycles. The van der Waals surface area contributed by atoms with Crippen LogP contribution in [0, 0.1) is 6.92 Å². The van der Waals surface area contributed by atoms with Crippen molar-refractivity contribution in [2.75, 3.05) is 0 Å². The van der Waals surface area contributed by atoms with E-state index >= 15 is 0 Å².